The fourth-order valence-electron chi connectivity index (χ4n) is 2.42. The summed E-state index contributed by atoms with van der Waals surface area (Å²) in [6.45, 7) is 8.69. The summed E-state index contributed by atoms with van der Waals surface area (Å²) in [6, 6.07) is 8.00. The molecule has 6 heteroatoms. The first-order valence-corrected chi connectivity index (χ1v) is 9.54. The molecule has 2 N–H and O–H groups in total. The second-order valence-electron chi connectivity index (χ2n) is 5.75. The van der Waals surface area contributed by atoms with Crippen LogP contribution in [0.2, 0.25) is 0 Å². The van der Waals surface area contributed by atoms with Crippen molar-refractivity contribution in [2.24, 2.45) is 4.99 Å². The molecule has 0 bridgehead atoms. The van der Waals surface area contributed by atoms with E-state index in [0.717, 1.165) is 41.9 Å². The Bertz CT molecular complexity index is 759. The summed E-state index contributed by atoms with van der Waals surface area (Å²) in [6.07, 6.45) is 6.09. The van der Waals surface area contributed by atoms with Crippen LogP contribution in [0, 0.1) is 26.2 Å². The minimum absolute atomic E-state index is 0.294. The average Bonchev–Trinajstić information content (AvgIpc) is 2.96. The van der Waals surface area contributed by atoms with Gasteiger partial charge in [0.25, 0.3) is 0 Å². The number of aryl methyl sites for hydroxylation is 2. The number of rotatable bonds is 8. The largest absolute Gasteiger partial charge is 0.481 e. The average molecular weight is 371 g/mol. The molecule has 138 valence electrons. The standard InChI is InChI=1S/C20H26N4OS/c1-5-13-25-18-9-7-17(8-10-18)11-12-22-20(21-6-2)23-14-19-15(3)24-16(4)26-19/h1,7-10H,6,11-14H2,2-4H3,(H2,21,22,23). The lowest BCUT2D eigenvalue weighted by Gasteiger charge is -2.11. The number of terminal acetylenes is 1. The van der Waals surface area contributed by atoms with E-state index in [2.05, 4.69) is 45.6 Å². The van der Waals surface area contributed by atoms with Gasteiger partial charge in [-0.25, -0.2) is 9.98 Å². The zero-order chi connectivity index (χ0) is 18.8. The molecule has 26 heavy (non-hydrogen) atoms. The lowest BCUT2D eigenvalue weighted by atomic mass is 10.1. The Balaban J connectivity index is 1.85. The third kappa shape index (κ3) is 6.41. The van der Waals surface area contributed by atoms with E-state index in [9.17, 15) is 0 Å². The van der Waals surface area contributed by atoms with Gasteiger partial charge in [-0.15, -0.1) is 17.8 Å². The van der Waals surface area contributed by atoms with Crippen LogP contribution in [0.4, 0.5) is 0 Å². The van der Waals surface area contributed by atoms with Crippen LogP contribution in [0.5, 0.6) is 5.75 Å². The molecule has 1 heterocycles. The molecule has 0 amide bonds. The number of nitrogens with one attached hydrogen (secondary N) is 2. The molecule has 2 aromatic rings. The molecule has 0 fully saturated rings. The molecule has 2 rings (SSSR count). The van der Waals surface area contributed by atoms with Crippen LogP contribution in [0.3, 0.4) is 0 Å². The minimum atomic E-state index is 0.294. The normalized spacial score (nSPS) is 11.1. The van der Waals surface area contributed by atoms with Crippen LogP contribution in [-0.2, 0) is 13.0 Å². The Morgan fingerprint density at radius 3 is 2.65 bits per heavy atom. The van der Waals surface area contributed by atoms with E-state index in [-0.39, 0.29) is 0 Å². The molecule has 0 aliphatic carbocycles. The quantitative estimate of drug-likeness (QED) is 0.426. The van der Waals surface area contributed by atoms with E-state index >= 15 is 0 Å². The Labute approximate surface area is 159 Å². The highest BCUT2D eigenvalue weighted by Gasteiger charge is 2.05. The number of nitrogens with zero attached hydrogens (tertiary/aromatic N) is 2. The van der Waals surface area contributed by atoms with Gasteiger partial charge in [0.05, 0.1) is 17.2 Å². The summed E-state index contributed by atoms with van der Waals surface area (Å²) >= 11 is 1.70. The topological polar surface area (TPSA) is 58.5 Å². The molecule has 1 aromatic carbocycles. The maximum Gasteiger partial charge on any atom is 0.191 e. The van der Waals surface area contributed by atoms with Gasteiger partial charge in [0.15, 0.2) is 5.96 Å². The predicted octanol–water partition coefficient (Wildman–Crippen LogP) is 3.07. The van der Waals surface area contributed by atoms with Crippen molar-refractivity contribution in [1.82, 2.24) is 15.6 Å². The lowest BCUT2D eigenvalue weighted by molar-refractivity contribution is 0.370. The van der Waals surface area contributed by atoms with Crippen LogP contribution in [0.1, 0.15) is 28.1 Å². The maximum atomic E-state index is 5.39. The second-order valence-corrected chi connectivity index (χ2v) is 7.04. The molecule has 0 spiro atoms. The molecule has 0 saturated carbocycles. The van der Waals surface area contributed by atoms with Crippen LogP contribution in [0.15, 0.2) is 29.3 Å². The molecule has 1 aromatic heterocycles. The van der Waals surface area contributed by atoms with Gasteiger partial charge in [0.1, 0.15) is 12.4 Å². The van der Waals surface area contributed by atoms with Gasteiger partial charge in [-0.05, 0) is 44.9 Å². The van der Waals surface area contributed by atoms with E-state index in [1.165, 1.54) is 10.4 Å². The van der Waals surface area contributed by atoms with Crippen LogP contribution >= 0.6 is 11.3 Å². The molecule has 0 aliphatic rings. The lowest BCUT2D eigenvalue weighted by Crippen LogP contribution is -2.38. The summed E-state index contributed by atoms with van der Waals surface area (Å²) in [7, 11) is 0. The first kappa shape index (κ1) is 19.8. The number of guanidine groups is 1. The number of thiazole rings is 1. The monoisotopic (exact) mass is 370 g/mol. The third-order valence-electron chi connectivity index (χ3n) is 3.68. The summed E-state index contributed by atoms with van der Waals surface area (Å²) in [5.74, 6) is 4.08. The van der Waals surface area contributed by atoms with Crippen molar-refractivity contribution < 1.29 is 4.74 Å². The highest BCUT2D eigenvalue weighted by atomic mass is 32.1. The van der Waals surface area contributed by atoms with Crippen molar-refractivity contribution in [2.45, 2.75) is 33.7 Å². The Morgan fingerprint density at radius 2 is 2.04 bits per heavy atom. The van der Waals surface area contributed by atoms with Gasteiger partial charge in [-0.1, -0.05) is 18.1 Å². The summed E-state index contributed by atoms with van der Waals surface area (Å²) < 4.78 is 5.39. The van der Waals surface area contributed by atoms with Gasteiger partial charge >= 0.3 is 0 Å². The second kappa shape index (κ2) is 10.5. The number of ether oxygens (including phenoxy) is 1. The molecular weight excluding hydrogens is 344 g/mol. The number of aliphatic imine (C=N–C) groups is 1. The fraction of sp³-hybridized carbons (Fsp3) is 0.400. The van der Waals surface area contributed by atoms with Gasteiger partial charge in [0.2, 0.25) is 0 Å². The minimum Gasteiger partial charge on any atom is -0.481 e. The molecule has 0 radical (unpaired) electrons. The van der Waals surface area contributed by atoms with Crippen LogP contribution < -0.4 is 15.4 Å². The van der Waals surface area contributed by atoms with Crippen LogP contribution in [0.25, 0.3) is 0 Å². The van der Waals surface area contributed by atoms with Gasteiger partial charge in [-0.2, -0.15) is 0 Å². The maximum absolute atomic E-state index is 5.39. The van der Waals surface area contributed by atoms with E-state index in [1.54, 1.807) is 11.3 Å². The van der Waals surface area contributed by atoms with E-state index in [1.807, 2.05) is 26.0 Å². The molecule has 0 aliphatic heterocycles. The fourth-order valence-corrected chi connectivity index (χ4v) is 3.28. The van der Waals surface area contributed by atoms with Crippen molar-refractivity contribution in [1.29, 1.82) is 0 Å². The number of aromatic nitrogens is 1. The first-order valence-electron chi connectivity index (χ1n) is 8.72. The number of benzene rings is 1. The summed E-state index contributed by atoms with van der Waals surface area (Å²) in [4.78, 5) is 10.3. The van der Waals surface area contributed by atoms with Crippen LogP contribution in [-0.4, -0.2) is 30.6 Å². The van der Waals surface area contributed by atoms with E-state index in [0.29, 0.717) is 13.2 Å². The van der Waals surface area contributed by atoms with Gasteiger partial charge in [0, 0.05) is 18.0 Å². The van der Waals surface area contributed by atoms with Gasteiger partial charge < -0.3 is 15.4 Å². The smallest absolute Gasteiger partial charge is 0.191 e. The molecule has 5 nitrogen and oxygen atoms in total. The highest BCUT2D eigenvalue weighted by molar-refractivity contribution is 7.11. The summed E-state index contributed by atoms with van der Waals surface area (Å²) in [5, 5.41) is 7.75. The van der Waals surface area contributed by atoms with E-state index in [4.69, 9.17) is 11.2 Å². The first-order chi connectivity index (χ1) is 12.6. The zero-order valence-corrected chi connectivity index (χ0v) is 16.4. The third-order valence-corrected chi connectivity index (χ3v) is 4.73. The van der Waals surface area contributed by atoms with Crippen molar-refractivity contribution in [3.63, 3.8) is 0 Å². The molecule has 0 unspecified atom stereocenters. The van der Waals surface area contributed by atoms with Crippen molar-refractivity contribution in [3.05, 3.63) is 45.4 Å². The van der Waals surface area contributed by atoms with Crippen molar-refractivity contribution >= 4 is 17.3 Å². The Hall–Kier alpha value is -2.52. The number of hydrogen-bond acceptors (Lipinski definition) is 4. The summed E-state index contributed by atoms with van der Waals surface area (Å²) in [5.41, 5.74) is 2.30. The predicted molar refractivity (Wildman–Crippen MR) is 109 cm³/mol. The van der Waals surface area contributed by atoms with Crippen molar-refractivity contribution in [3.8, 4) is 18.1 Å². The molecule has 0 atom stereocenters. The SMILES string of the molecule is C#CCOc1ccc(CCNC(=NCc2sc(C)nc2C)NCC)cc1. The zero-order valence-electron chi connectivity index (χ0n) is 15.6. The Kier molecular flexibility index (Phi) is 7.97. The molecular formula is C20H26N4OS. The Morgan fingerprint density at radius 1 is 1.27 bits per heavy atom. The van der Waals surface area contributed by atoms with Gasteiger partial charge in [-0.3, -0.25) is 0 Å². The van der Waals surface area contributed by atoms with E-state index < -0.39 is 0 Å². The number of hydrogen-bond donors (Lipinski definition) is 2. The van der Waals surface area contributed by atoms with Crippen molar-refractivity contribution in [2.75, 3.05) is 19.7 Å². The molecule has 0 saturated heterocycles. The highest BCUT2D eigenvalue weighted by Crippen LogP contribution is 2.17.